The minimum absolute atomic E-state index is 0.235. The maximum atomic E-state index is 12.4. The Labute approximate surface area is 153 Å². The molecule has 4 nitrogen and oxygen atoms in total. The van der Waals surface area contributed by atoms with Gasteiger partial charge in [0.1, 0.15) is 10.2 Å². The van der Waals surface area contributed by atoms with Crippen LogP contribution in [-0.2, 0) is 11.3 Å². The molecule has 122 valence electrons. The van der Waals surface area contributed by atoms with E-state index < -0.39 is 9.75 Å². The van der Waals surface area contributed by atoms with Gasteiger partial charge < -0.3 is 5.32 Å². The van der Waals surface area contributed by atoms with E-state index in [0.29, 0.717) is 28.8 Å². The van der Waals surface area contributed by atoms with Gasteiger partial charge in [0.05, 0.1) is 28.2 Å². The van der Waals surface area contributed by atoms with Crippen LogP contribution in [0.5, 0.6) is 0 Å². The number of rotatable bonds is 4. The molecule has 1 unspecified atom stereocenters. The van der Waals surface area contributed by atoms with Gasteiger partial charge in [0.2, 0.25) is 5.91 Å². The molecule has 1 amide bonds. The number of alkyl halides is 2. The second-order valence-electron chi connectivity index (χ2n) is 5.75. The number of carbonyl (C=O) groups excluding carboxylic acids is 1. The summed E-state index contributed by atoms with van der Waals surface area (Å²) in [4.78, 5) is 12.4. The first kappa shape index (κ1) is 16.9. The van der Waals surface area contributed by atoms with Crippen LogP contribution < -0.4 is 5.32 Å². The Balaban J connectivity index is 1.78. The van der Waals surface area contributed by atoms with Gasteiger partial charge in [0, 0.05) is 6.07 Å². The Hall–Kier alpha value is -0.940. The van der Waals surface area contributed by atoms with E-state index in [1.807, 2.05) is 12.1 Å². The molecule has 1 saturated carbocycles. The summed E-state index contributed by atoms with van der Waals surface area (Å²) >= 11 is 24.3. The quantitative estimate of drug-likeness (QED) is 0.762. The molecule has 23 heavy (non-hydrogen) atoms. The van der Waals surface area contributed by atoms with E-state index in [4.69, 9.17) is 46.4 Å². The number of carbonyl (C=O) groups is 1. The van der Waals surface area contributed by atoms with Crippen LogP contribution in [-0.4, -0.2) is 20.0 Å². The number of nitrogens with zero attached hydrogens (tertiary/aromatic N) is 2. The second-order valence-corrected chi connectivity index (χ2v) is 8.02. The molecule has 0 bridgehead atoms. The summed E-state index contributed by atoms with van der Waals surface area (Å²) in [5.74, 6) is 0.310. The number of benzene rings is 1. The SMILES string of the molecule is CC1(C(=O)Nc2ccnn2Cc2cccc(Cl)c2Cl)CC1(Cl)Cl. The smallest absolute Gasteiger partial charge is 0.234 e. The van der Waals surface area contributed by atoms with Gasteiger partial charge in [-0.05, 0) is 25.0 Å². The van der Waals surface area contributed by atoms with Crippen LogP contribution in [0.1, 0.15) is 18.9 Å². The van der Waals surface area contributed by atoms with Gasteiger partial charge in [0.25, 0.3) is 0 Å². The summed E-state index contributed by atoms with van der Waals surface area (Å²) < 4.78 is 0.615. The molecule has 8 heteroatoms. The maximum absolute atomic E-state index is 12.4. The van der Waals surface area contributed by atoms with Crippen LogP contribution in [0.4, 0.5) is 5.82 Å². The monoisotopic (exact) mass is 391 g/mol. The van der Waals surface area contributed by atoms with E-state index in [1.165, 1.54) is 0 Å². The summed E-state index contributed by atoms with van der Waals surface area (Å²) in [6.45, 7) is 2.11. The van der Waals surface area contributed by atoms with E-state index in [-0.39, 0.29) is 5.91 Å². The first-order valence-electron chi connectivity index (χ1n) is 6.88. The molecule has 1 aliphatic carbocycles. The van der Waals surface area contributed by atoms with Crippen molar-refractivity contribution in [1.29, 1.82) is 0 Å². The third-order valence-corrected chi connectivity index (χ3v) is 6.03. The number of halogens is 4. The Morgan fingerprint density at radius 3 is 2.70 bits per heavy atom. The highest BCUT2D eigenvalue weighted by molar-refractivity contribution is 6.53. The molecule has 1 fully saturated rings. The van der Waals surface area contributed by atoms with E-state index in [1.54, 1.807) is 29.9 Å². The van der Waals surface area contributed by atoms with Crippen LogP contribution in [0, 0.1) is 5.41 Å². The van der Waals surface area contributed by atoms with Crippen molar-refractivity contribution in [3.05, 3.63) is 46.1 Å². The zero-order chi connectivity index (χ0) is 16.8. The lowest BCUT2D eigenvalue weighted by atomic mass is 10.1. The number of aromatic nitrogens is 2. The predicted octanol–water partition coefficient (Wildman–Crippen LogP) is 4.76. The summed E-state index contributed by atoms with van der Waals surface area (Å²) in [5.41, 5.74) is 0.0128. The van der Waals surface area contributed by atoms with E-state index >= 15 is 0 Å². The van der Waals surface area contributed by atoms with E-state index in [2.05, 4.69) is 10.4 Å². The second kappa shape index (κ2) is 5.85. The van der Waals surface area contributed by atoms with Crippen molar-refractivity contribution >= 4 is 58.1 Å². The van der Waals surface area contributed by atoms with Gasteiger partial charge in [-0.3, -0.25) is 4.79 Å². The van der Waals surface area contributed by atoms with Gasteiger partial charge in [-0.15, -0.1) is 23.2 Å². The molecule has 1 heterocycles. The Bertz CT molecular complexity index is 774. The molecule has 1 N–H and O–H groups in total. The minimum atomic E-state index is -1.02. The molecule has 0 aliphatic heterocycles. The summed E-state index contributed by atoms with van der Waals surface area (Å²) in [6.07, 6.45) is 2.02. The standard InChI is InChI=1S/C15H13Cl4N3O/c1-14(8-15(14,18)19)13(23)21-11-5-6-20-22(11)7-9-3-2-4-10(16)12(9)17/h2-6H,7-8H2,1H3,(H,21,23). The average Bonchev–Trinajstić information content (AvgIpc) is 2.81. The summed E-state index contributed by atoms with van der Waals surface area (Å²) in [7, 11) is 0. The maximum Gasteiger partial charge on any atom is 0.234 e. The molecule has 1 aliphatic rings. The average molecular weight is 393 g/mol. The largest absolute Gasteiger partial charge is 0.310 e. The van der Waals surface area contributed by atoms with Crippen molar-refractivity contribution in [3.8, 4) is 0 Å². The topological polar surface area (TPSA) is 46.9 Å². The van der Waals surface area contributed by atoms with Gasteiger partial charge in [-0.1, -0.05) is 35.3 Å². The van der Waals surface area contributed by atoms with Gasteiger partial charge in [-0.2, -0.15) is 5.10 Å². The number of nitrogens with one attached hydrogen (secondary N) is 1. The van der Waals surface area contributed by atoms with Crippen molar-refractivity contribution in [1.82, 2.24) is 9.78 Å². The van der Waals surface area contributed by atoms with E-state index in [9.17, 15) is 4.79 Å². The highest BCUT2D eigenvalue weighted by Gasteiger charge is 2.68. The Morgan fingerprint density at radius 2 is 2.04 bits per heavy atom. The Kier molecular flexibility index (Phi) is 4.30. The predicted molar refractivity (Wildman–Crippen MR) is 93.6 cm³/mol. The lowest BCUT2D eigenvalue weighted by molar-refractivity contribution is -0.120. The van der Waals surface area contributed by atoms with Crippen molar-refractivity contribution in [2.24, 2.45) is 5.41 Å². The van der Waals surface area contributed by atoms with Crippen LogP contribution in [0.15, 0.2) is 30.5 Å². The molecule has 2 aromatic rings. The zero-order valence-electron chi connectivity index (χ0n) is 12.1. The van der Waals surface area contributed by atoms with E-state index in [0.717, 1.165) is 5.56 Å². The fraction of sp³-hybridized carbons (Fsp3) is 0.333. The fourth-order valence-corrected chi connectivity index (χ4v) is 3.38. The van der Waals surface area contributed by atoms with Gasteiger partial charge >= 0.3 is 0 Å². The lowest BCUT2D eigenvalue weighted by Gasteiger charge is -2.14. The van der Waals surface area contributed by atoms with Gasteiger partial charge in [-0.25, -0.2) is 4.68 Å². The molecular weight excluding hydrogens is 380 g/mol. The van der Waals surface area contributed by atoms with Crippen molar-refractivity contribution < 1.29 is 4.79 Å². The minimum Gasteiger partial charge on any atom is -0.310 e. The number of hydrogen-bond acceptors (Lipinski definition) is 2. The zero-order valence-corrected chi connectivity index (χ0v) is 15.1. The van der Waals surface area contributed by atoms with Crippen molar-refractivity contribution in [2.75, 3.05) is 5.32 Å². The van der Waals surface area contributed by atoms with Crippen molar-refractivity contribution in [2.45, 2.75) is 24.2 Å². The molecular formula is C15H13Cl4N3O. The highest BCUT2D eigenvalue weighted by atomic mass is 35.5. The molecule has 0 radical (unpaired) electrons. The third-order valence-electron chi connectivity index (χ3n) is 4.07. The molecule has 3 rings (SSSR count). The van der Waals surface area contributed by atoms with Crippen LogP contribution >= 0.6 is 46.4 Å². The summed E-state index contributed by atoms with van der Waals surface area (Å²) in [5, 5.41) is 7.97. The molecule has 0 saturated heterocycles. The lowest BCUT2D eigenvalue weighted by Crippen LogP contribution is -2.27. The van der Waals surface area contributed by atoms with Crippen LogP contribution in [0.3, 0.4) is 0 Å². The number of amides is 1. The fourth-order valence-electron chi connectivity index (χ4n) is 2.30. The third kappa shape index (κ3) is 3.05. The highest BCUT2D eigenvalue weighted by Crippen LogP contribution is 2.64. The number of anilines is 1. The first-order valence-corrected chi connectivity index (χ1v) is 8.40. The van der Waals surface area contributed by atoms with Crippen LogP contribution in [0.2, 0.25) is 10.0 Å². The van der Waals surface area contributed by atoms with Crippen LogP contribution in [0.25, 0.3) is 0 Å². The van der Waals surface area contributed by atoms with Crippen molar-refractivity contribution in [3.63, 3.8) is 0 Å². The molecule has 1 aromatic heterocycles. The first-order chi connectivity index (χ1) is 10.7. The Morgan fingerprint density at radius 1 is 1.35 bits per heavy atom. The molecule has 1 aromatic carbocycles. The van der Waals surface area contributed by atoms with Gasteiger partial charge in [0.15, 0.2) is 0 Å². The number of hydrogen-bond donors (Lipinski definition) is 1. The molecule has 1 atom stereocenters. The summed E-state index contributed by atoms with van der Waals surface area (Å²) in [6, 6.07) is 7.08. The molecule has 0 spiro atoms. The normalized spacial score (nSPS) is 22.0.